The third kappa shape index (κ3) is 2.70. The van der Waals surface area contributed by atoms with Crippen molar-refractivity contribution < 1.29 is 0 Å². The largest absolute Gasteiger partial charge is 0.312 e. The smallest absolute Gasteiger partial charge is 0.0641 e. The summed E-state index contributed by atoms with van der Waals surface area (Å²) in [5.41, 5.74) is 0. The fourth-order valence-corrected chi connectivity index (χ4v) is 1.94. The van der Waals surface area contributed by atoms with Crippen LogP contribution in [0.5, 0.6) is 0 Å². The van der Waals surface area contributed by atoms with E-state index in [1.54, 1.807) is 0 Å². The summed E-state index contributed by atoms with van der Waals surface area (Å²) in [6, 6.07) is 1.30. The molecule has 0 radical (unpaired) electrons. The van der Waals surface area contributed by atoms with Gasteiger partial charge in [0.2, 0.25) is 0 Å². The molecule has 2 rings (SSSR count). The molecule has 1 aromatic rings. The van der Waals surface area contributed by atoms with Gasteiger partial charge in [0.25, 0.3) is 0 Å². The Balaban J connectivity index is 1.90. The Labute approximate surface area is 98.4 Å². The van der Waals surface area contributed by atoms with E-state index in [1.165, 1.54) is 16.4 Å². The Morgan fingerprint density at radius 3 is 3.00 bits per heavy atom. The minimum atomic E-state index is 0.513. The van der Waals surface area contributed by atoms with Gasteiger partial charge in [-0.05, 0) is 41.9 Å². The molecule has 1 unspecified atom stereocenters. The third-order valence-electron chi connectivity index (χ3n) is 2.63. The van der Waals surface area contributed by atoms with E-state index < -0.39 is 0 Å². The maximum atomic E-state index is 4.35. The zero-order valence-corrected chi connectivity index (χ0v) is 10.6. The van der Waals surface area contributed by atoms with Crippen molar-refractivity contribution in [3.63, 3.8) is 0 Å². The van der Waals surface area contributed by atoms with Crippen molar-refractivity contribution in [2.45, 2.75) is 38.3 Å². The van der Waals surface area contributed by atoms with Crippen LogP contribution in [0.4, 0.5) is 0 Å². The topological polar surface area (TPSA) is 29.9 Å². The zero-order valence-electron chi connectivity index (χ0n) is 8.41. The van der Waals surface area contributed by atoms with Crippen LogP contribution in [0, 0.1) is 3.57 Å². The molecule has 3 nitrogen and oxygen atoms in total. The standard InChI is InChI=1S/C10H16IN3/c1-2-10(6-12-9-3-4-9)14-7-8(11)5-13-14/h5,7,9-10,12H,2-4,6H2,1H3. The molecule has 1 aliphatic carbocycles. The van der Waals surface area contributed by atoms with Crippen LogP contribution in [-0.2, 0) is 0 Å². The lowest BCUT2D eigenvalue weighted by Crippen LogP contribution is -2.26. The van der Waals surface area contributed by atoms with Gasteiger partial charge in [-0.25, -0.2) is 0 Å². The van der Waals surface area contributed by atoms with Crippen molar-refractivity contribution in [1.82, 2.24) is 15.1 Å². The number of aromatic nitrogens is 2. The first-order chi connectivity index (χ1) is 6.79. The van der Waals surface area contributed by atoms with Crippen LogP contribution < -0.4 is 5.32 Å². The summed E-state index contributed by atoms with van der Waals surface area (Å²) in [5, 5.41) is 7.91. The summed E-state index contributed by atoms with van der Waals surface area (Å²) in [6.45, 7) is 3.27. The summed E-state index contributed by atoms with van der Waals surface area (Å²) < 4.78 is 3.30. The summed E-state index contributed by atoms with van der Waals surface area (Å²) >= 11 is 2.30. The second kappa shape index (κ2) is 4.61. The van der Waals surface area contributed by atoms with E-state index in [0.717, 1.165) is 19.0 Å². The molecule has 1 aliphatic rings. The van der Waals surface area contributed by atoms with Gasteiger partial charge < -0.3 is 5.32 Å². The van der Waals surface area contributed by atoms with Gasteiger partial charge in [0.1, 0.15) is 0 Å². The first kappa shape index (κ1) is 10.4. The monoisotopic (exact) mass is 305 g/mol. The Bertz CT molecular complexity index is 293. The molecule has 0 aromatic carbocycles. The third-order valence-corrected chi connectivity index (χ3v) is 3.19. The molecule has 1 saturated carbocycles. The molecule has 0 saturated heterocycles. The molecule has 1 atom stereocenters. The SMILES string of the molecule is CCC(CNC1CC1)n1cc(I)cn1. The number of nitrogens with zero attached hydrogens (tertiary/aromatic N) is 2. The minimum absolute atomic E-state index is 0.513. The van der Waals surface area contributed by atoms with Crippen LogP contribution in [0.3, 0.4) is 0 Å². The van der Waals surface area contributed by atoms with Crippen molar-refractivity contribution in [3.8, 4) is 0 Å². The number of nitrogens with one attached hydrogen (secondary N) is 1. The highest BCUT2D eigenvalue weighted by molar-refractivity contribution is 14.1. The van der Waals surface area contributed by atoms with Gasteiger partial charge >= 0.3 is 0 Å². The van der Waals surface area contributed by atoms with E-state index in [2.05, 4.69) is 50.8 Å². The molecule has 14 heavy (non-hydrogen) atoms. The van der Waals surface area contributed by atoms with Gasteiger partial charge in [-0.2, -0.15) is 5.10 Å². The van der Waals surface area contributed by atoms with Gasteiger partial charge in [-0.3, -0.25) is 4.68 Å². The normalized spacial score (nSPS) is 18.4. The van der Waals surface area contributed by atoms with E-state index in [9.17, 15) is 0 Å². The summed E-state index contributed by atoms with van der Waals surface area (Å²) in [6.07, 6.45) is 7.88. The molecule has 4 heteroatoms. The lowest BCUT2D eigenvalue weighted by molar-refractivity contribution is 0.410. The fraction of sp³-hybridized carbons (Fsp3) is 0.700. The van der Waals surface area contributed by atoms with Gasteiger partial charge in [-0.15, -0.1) is 0 Å². The highest BCUT2D eigenvalue weighted by Crippen LogP contribution is 2.20. The van der Waals surface area contributed by atoms with E-state index in [1.807, 2.05) is 6.20 Å². The van der Waals surface area contributed by atoms with Gasteiger partial charge in [0.15, 0.2) is 0 Å². The average Bonchev–Trinajstić information content (AvgIpc) is 2.90. The minimum Gasteiger partial charge on any atom is -0.312 e. The highest BCUT2D eigenvalue weighted by Gasteiger charge is 2.21. The maximum Gasteiger partial charge on any atom is 0.0641 e. The predicted molar refractivity (Wildman–Crippen MR) is 65.3 cm³/mol. The summed E-state index contributed by atoms with van der Waals surface area (Å²) in [4.78, 5) is 0. The first-order valence-electron chi connectivity index (χ1n) is 5.22. The molecule has 1 heterocycles. The second-order valence-corrected chi connectivity index (χ2v) is 5.13. The lowest BCUT2D eigenvalue weighted by Gasteiger charge is -2.15. The maximum absolute atomic E-state index is 4.35. The van der Waals surface area contributed by atoms with Crippen molar-refractivity contribution in [2.24, 2.45) is 0 Å². The fourth-order valence-electron chi connectivity index (χ4n) is 1.53. The molecule has 0 amide bonds. The molecule has 0 spiro atoms. The number of halogens is 1. The Kier molecular flexibility index (Phi) is 3.43. The molecule has 1 fully saturated rings. The second-order valence-electron chi connectivity index (χ2n) is 3.88. The molecule has 1 N–H and O–H groups in total. The Morgan fingerprint density at radius 2 is 2.50 bits per heavy atom. The molecular formula is C10H16IN3. The first-order valence-corrected chi connectivity index (χ1v) is 6.30. The van der Waals surface area contributed by atoms with Gasteiger partial charge in [-0.1, -0.05) is 6.92 Å². The van der Waals surface area contributed by atoms with Gasteiger partial charge in [0.05, 0.1) is 15.8 Å². The van der Waals surface area contributed by atoms with Crippen molar-refractivity contribution in [1.29, 1.82) is 0 Å². The number of hydrogen-bond acceptors (Lipinski definition) is 2. The van der Waals surface area contributed by atoms with Crippen LogP contribution in [0.25, 0.3) is 0 Å². The molecule has 78 valence electrons. The Hall–Kier alpha value is -0.100. The van der Waals surface area contributed by atoms with Crippen LogP contribution in [0.1, 0.15) is 32.2 Å². The van der Waals surface area contributed by atoms with Crippen LogP contribution in [0.2, 0.25) is 0 Å². The highest BCUT2D eigenvalue weighted by atomic mass is 127. The molecule has 1 aromatic heterocycles. The van der Waals surface area contributed by atoms with E-state index >= 15 is 0 Å². The quantitative estimate of drug-likeness (QED) is 0.845. The van der Waals surface area contributed by atoms with Crippen molar-refractivity contribution in [2.75, 3.05) is 6.54 Å². The van der Waals surface area contributed by atoms with Crippen LogP contribution in [-0.4, -0.2) is 22.4 Å². The molecular weight excluding hydrogens is 289 g/mol. The molecule has 0 bridgehead atoms. The summed E-state index contributed by atoms with van der Waals surface area (Å²) in [5.74, 6) is 0. The number of rotatable bonds is 5. The van der Waals surface area contributed by atoms with Gasteiger partial charge in [0, 0.05) is 18.8 Å². The summed E-state index contributed by atoms with van der Waals surface area (Å²) in [7, 11) is 0. The van der Waals surface area contributed by atoms with Crippen LogP contribution in [0.15, 0.2) is 12.4 Å². The van der Waals surface area contributed by atoms with Crippen molar-refractivity contribution >= 4 is 22.6 Å². The average molecular weight is 305 g/mol. The predicted octanol–water partition coefficient (Wildman–Crippen LogP) is 2.19. The number of hydrogen-bond donors (Lipinski definition) is 1. The van der Waals surface area contributed by atoms with E-state index in [-0.39, 0.29) is 0 Å². The van der Waals surface area contributed by atoms with Crippen molar-refractivity contribution in [3.05, 3.63) is 16.0 Å². The lowest BCUT2D eigenvalue weighted by atomic mass is 10.2. The van der Waals surface area contributed by atoms with E-state index in [4.69, 9.17) is 0 Å². The van der Waals surface area contributed by atoms with E-state index in [0.29, 0.717) is 6.04 Å². The molecule has 0 aliphatic heterocycles. The Morgan fingerprint density at radius 1 is 1.71 bits per heavy atom. The van der Waals surface area contributed by atoms with Crippen LogP contribution >= 0.6 is 22.6 Å². The zero-order chi connectivity index (χ0) is 9.97.